The Morgan fingerprint density at radius 1 is 1.03 bits per heavy atom. The Bertz CT molecular complexity index is 1060. The van der Waals surface area contributed by atoms with Crippen molar-refractivity contribution in [2.24, 2.45) is 10.9 Å². The Balaban J connectivity index is 1.16. The molecule has 29 heavy (non-hydrogen) atoms. The standard InChI is InChI=1S/C23H24F2N4/c24-18-2-4-21-17(11-18)14-27-23(28-21)15-5-8-29(9-6-15)10-7-16-13-26-22-12-19(25)1-3-20(16)22/h1-4,11-13,15,26H,5-10,14H2,(H,27,28). The zero-order valence-corrected chi connectivity index (χ0v) is 16.2. The SMILES string of the molecule is Fc1ccc2c(c1)CN=C(C1CCN(CCc3c[nH]c4cc(F)ccc34)CC1)N2. The topological polar surface area (TPSA) is 43.4 Å². The number of nitrogens with one attached hydrogen (secondary N) is 2. The van der Waals surface area contributed by atoms with E-state index in [2.05, 4.69) is 20.2 Å². The molecule has 2 aliphatic heterocycles. The monoisotopic (exact) mass is 394 g/mol. The smallest absolute Gasteiger partial charge is 0.125 e. The van der Waals surface area contributed by atoms with Crippen LogP contribution in [0.5, 0.6) is 0 Å². The first-order valence-electron chi connectivity index (χ1n) is 10.2. The number of amidine groups is 1. The maximum atomic E-state index is 13.4. The van der Waals surface area contributed by atoms with Crippen molar-refractivity contribution in [3.8, 4) is 0 Å². The van der Waals surface area contributed by atoms with E-state index in [1.54, 1.807) is 12.1 Å². The Morgan fingerprint density at radius 2 is 1.83 bits per heavy atom. The summed E-state index contributed by atoms with van der Waals surface area (Å²) in [5, 5.41) is 4.53. The maximum absolute atomic E-state index is 13.4. The minimum absolute atomic E-state index is 0.208. The third kappa shape index (κ3) is 3.77. The van der Waals surface area contributed by atoms with Gasteiger partial charge in [0.2, 0.25) is 0 Å². The normalized spacial score (nSPS) is 17.8. The average molecular weight is 394 g/mol. The third-order valence-electron chi connectivity index (χ3n) is 6.15. The molecule has 0 radical (unpaired) electrons. The molecule has 3 aromatic rings. The van der Waals surface area contributed by atoms with E-state index in [-0.39, 0.29) is 11.6 Å². The number of aliphatic imine (C=N–C) groups is 1. The van der Waals surface area contributed by atoms with Gasteiger partial charge in [0, 0.05) is 35.2 Å². The number of H-pyrrole nitrogens is 1. The molecule has 1 fully saturated rings. The average Bonchev–Trinajstić information content (AvgIpc) is 3.14. The van der Waals surface area contributed by atoms with Gasteiger partial charge in [0.1, 0.15) is 17.5 Å². The van der Waals surface area contributed by atoms with Gasteiger partial charge in [-0.2, -0.15) is 0 Å². The van der Waals surface area contributed by atoms with E-state index >= 15 is 0 Å². The largest absolute Gasteiger partial charge is 0.361 e. The Labute approximate surface area is 168 Å². The van der Waals surface area contributed by atoms with Crippen molar-refractivity contribution in [3.63, 3.8) is 0 Å². The number of anilines is 1. The summed E-state index contributed by atoms with van der Waals surface area (Å²) in [6.45, 7) is 3.63. The predicted octanol–water partition coefficient (Wildman–Crippen LogP) is 4.72. The number of halogens is 2. The second-order valence-corrected chi connectivity index (χ2v) is 8.00. The number of likely N-dealkylation sites (tertiary alicyclic amines) is 1. The minimum atomic E-state index is -0.210. The second-order valence-electron chi connectivity index (χ2n) is 8.00. The first-order valence-corrected chi connectivity index (χ1v) is 10.2. The molecule has 2 aliphatic rings. The molecule has 3 heterocycles. The summed E-state index contributed by atoms with van der Waals surface area (Å²) < 4.78 is 26.7. The van der Waals surface area contributed by atoms with Gasteiger partial charge < -0.3 is 15.2 Å². The van der Waals surface area contributed by atoms with E-state index in [0.717, 1.165) is 66.9 Å². The fraction of sp³-hybridized carbons (Fsp3) is 0.348. The molecule has 0 saturated carbocycles. The van der Waals surface area contributed by atoms with Crippen LogP contribution >= 0.6 is 0 Å². The summed E-state index contributed by atoms with van der Waals surface area (Å²) in [5.74, 6) is 1.06. The van der Waals surface area contributed by atoms with E-state index < -0.39 is 0 Å². The summed E-state index contributed by atoms with van der Waals surface area (Å²) >= 11 is 0. The maximum Gasteiger partial charge on any atom is 0.125 e. The van der Waals surface area contributed by atoms with Gasteiger partial charge >= 0.3 is 0 Å². The number of hydrogen-bond acceptors (Lipinski definition) is 3. The fourth-order valence-corrected chi connectivity index (χ4v) is 4.47. The number of piperidine rings is 1. The molecule has 1 aromatic heterocycles. The van der Waals surface area contributed by atoms with E-state index in [9.17, 15) is 8.78 Å². The lowest BCUT2D eigenvalue weighted by molar-refractivity contribution is 0.211. The van der Waals surface area contributed by atoms with Crippen LogP contribution in [0, 0.1) is 17.6 Å². The van der Waals surface area contributed by atoms with Crippen molar-refractivity contribution < 1.29 is 8.78 Å². The fourth-order valence-electron chi connectivity index (χ4n) is 4.47. The van der Waals surface area contributed by atoms with Crippen LogP contribution in [-0.4, -0.2) is 35.4 Å². The third-order valence-corrected chi connectivity index (χ3v) is 6.15. The first-order chi connectivity index (χ1) is 14.2. The van der Waals surface area contributed by atoms with Crippen LogP contribution in [0.2, 0.25) is 0 Å². The number of aromatic nitrogens is 1. The number of benzene rings is 2. The Morgan fingerprint density at radius 3 is 2.69 bits per heavy atom. The molecule has 5 rings (SSSR count). The summed E-state index contributed by atoms with van der Waals surface area (Å²) in [6, 6.07) is 9.80. The zero-order chi connectivity index (χ0) is 19.8. The van der Waals surface area contributed by atoms with Gasteiger partial charge in [-0.15, -0.1) is 0 Å². The van der Waals surface area contributed by atoms with Crippen LogP contribution in [0.25, 0.3) is 10.9 Å². The number of hydrogen-bond donors (Lipinski definition) is 2. The zero-order valence-electron chi connectivity index (χ0n) is 16.2. The molecule has 4 nitrogen and oxygen atoms in total. The highest BCUT2D eigenvalue weighted by Gasteiger charge is 2.25. The van der Waals surface area contributed by atoms with Crippen LogP contribution < -0.4 is 5.32 Å². The van der Waals surface area contributed by atoms with Gasteiger partial charge in [0.25, 0.3) is 0 Å². The van der Waals surface area contributed by atoms with E-state index in [0.29, 0.717) is 12.5 Å². The highest BCUT2D eigenvalue weighted by atomic mass is 19.1. The van der Waals surface area contributed by atoms with Gasteiger partial charge in [-0.1, -0.05) is 0 Å². The van der Waals surface area contributed by atoms with Crippen LogP contribution in [0.3, 0.4) is 0 Å². The van der Waals surface area contributed by atoms with Crippen molar-refractivity contribution in [1.29, 1.82) is 0 Å². The summed E-state index contributed by atoms with van der Waals surface area (Å²) in [7, 11) is 0. The predicted molar refractivity (Wildman–Crippen MR) is 112 cm³/mol. The van der Waals surface area contributed by atoms with E-state index in [1.165, 1.54) is 17.7 Å². The Hall–Kier alpha value is -2.73. The summed E-state index contributed by atoms with van der Waals surface area (Å²) in [4.78, 5) is 10.3. The molecule has 0 amide bonds. The number of rotatable bonds is 4. The molecular formula is C23H24F2N4. The second kappa shape index (κ2) is 7.59. The number of fused-ring (bicyclic) bond motifs is 2. The molecule has 0 atom stereocenters. The lowest BCUT2D eigenvalue weighted by Crippen LogP contribution is -2.39. The van der Waals surface area contributed by atoms with Crippen LogP contribution in [0.4, 0.5) is 14.5 Å². The van der Waals surface area contributed by atoms with Crippen LogP contribution in [-0.2, 0) is 13.0 Å². The summed E-state index contributed by atoms with van der Waals surface area (Å²) in [6.07, 6.45) is 5.09. The molecule has 2 aromatic carbocycles. The lowest BCUT2D eigenvalue weighted by atomic mass is 9.94. The molecule has 0 aliphatic carbocycles. The summed E-state index contributed by atoms with van der Waals surface area (Å²) in [5.41, 5.74) is 4.00. The van der Waals surface area contributed by atoms with E-state index in [1.807, 2.05) is 18.3 Å². The van der Waals surface area contributed by atoms with Gasteiger partial charge in [0.05, 0.1) is 6.54 Å². The van der Waals surface area contributed by atoms with Gasteiger partial charge in [-0.3, -0.25) is 4.99 Å². The highest BCUT2D eigenvalue weighted by molar-refractivity contribution is 5.99. The number of aromatic amines is 1. The molecular weight excluding hydrogens is 370 g/mol. The lowest BCUT2D eigenvalue weighted by Gasteiger charge is -2.34. The molecule has 6 heteroatoms. The molecule has 0 spiro atoms. The molecule has 1 saturated heterocycles. The van der Waals surface area contributed by atoms with Crippen molar-refractivity contribution >= 4 is 22.4 Å². The van der Waals surface area contributed by atoms with Crippen molar-refractivity contribution in [2.45, 2.75) is 25.8 Å². The molecule has 0 bridgehead atoms. The van der Waals surface area contributed by atoms with Gasteiger partial charge in [-0.25, -0.2) is 8.78 Å². The highest BCUT2D eigenvalue weighted by Crippen LogP contribution is 2.27. The minimum Gasteiger partial charge on any atom is -0.361 e. The van der Waals surface area contributed by atoms with Crippen LogP contribution in [0.15, 0.2) is 47.6 Å². The molecule has 150 valence electrons. The molecule has 0 unspecified atom stereocenters. The van der Waals surface area contributed by atoms with Crippen molar-refractivity contribution in [3.05, 3.63) is 65.4 Å². The van der Waals surface area contributed by atoms with Gasteiger partial charge in [-0.05, 0) is 79.9 Å². The first kappa shape index (κ1) is 18.3. The van der Waals surface area contributed by atoms with Crippen molar-refractivity contribution in [1.82, 2.24) is 9.88 Å². The van der Waals surface area contributed by atoms with Gasteiger partial charge in [0.15, 0.2) is 0 Å². The molecule has 2 N–H and O–H groups in total. The van der Waals surface area contributed by atoms with Crippen LogP contribution in [0.1, 0.15) is 24.0 Å². The Kier molecular flexibility index (Phi) is 4.79. The van der Waals surface area contributed by atoms with Crippen molar-refractivity contribution in [2.75, 3.05) is 25.0 Å². The van der Waals surface area contributed by atoms with E-state index in [4.69, 9.17) is 0 Å². The quantitative estimate of drug-likeness (QED) is 0.672. The number of nitrogens with zero attached hydrogens (tertiary/aromatic N) is 2.